The second-order valence-electron chi connectivity index (χ2n) is 5.48. The van der Waals surface area contributed by atoms with Gasteiger partial charge < -0.3 is 15.6 Å². The average Bonchev–Trinajstić information content (AvgIpc) is 3.17. The Morgan fingerprint density at radius 2 is 2.19 bits per heavy atom. The molecular formula is C16H23IN4. The Morgan fingerprint density at radius 1 is 1.38 bits per heavy atom. The fourth-order valence-corrected chi connectivity index (χ4v) is 2.50. The maximum Gasteiger partial charge on any atom is 0.191 e. The third kappa shape index (κ3) is 3.90. The summed E-state index contributed by atoms with van der Waals surface area (Å²) in [5.74, 6) is 0.920. The van der Waals surface area contributed by atoms with Crippen LogP contribution in [0, 0.1) is 6.92 Å². The SMILES string of the molecule is CN=C(NCCc1c[nH]c2c(C)cccc12)NC1CC1.I. The van der Waals surface area contributed by atoms with Crippen molar-refractivity contribution >= 4 is 40.8 Å². The van der Waals surface area contributed by atoms with E-state index in [4.69, 9.17) is 0 Å². The summed E-state index contributed by atoms with van der Waals surface area (Å²) < 4.78 is 0. The molecule has 1 aromatic carbocycles. The van der Waals surface area contributed by atoms with Gasteiger partial charge in [0.05, 0.1) is 0 Å². The number of halogens is 1. The summed E-state index contributed by atoms with van der Waals surface area (Å²) in [7, 11) is 1.83. The molecule has 0 bridgehead atoms. The molecule has 1 saturated carbocycles. The third-order valence-corrected chi connectivity index (χ3v) is 3.84. The van der Waals surface area contributed by atoms with Gasteiger partial charge in [0.2, 0.25) is 0 Å². The molecule has 2 aromatic rings. The van der Waals surface area contributed by atoms with Gasteiger partial charge in [-0.05, 0) is 37.3 Å². The molecule has 1 heterocycles. The Hall–Kier alpha value is -1.24. The number of para-hydroxylation sites is 1. The number of nitrogens with one attached hydrogen (secondary N) is 3. The fourth-order valence-electron chi connectivity index (χ4n) is 2.50. The van der Waals surface area contributed by atoms with Gasteiger partial charge in [0.25, 0.3) is 0 Å². The predicted octanol–water partition coefficient (Wildman–Crippen LogP) is 2.96. The zero-order chi connectivity index (χ0) is 13.9. The van der Waals surface area contributed by atoms with Crippen LogP contribution in [0.1, 0.15) is 24.0 Å². The number of aromatic nitrogens is 1. The molecule has 4 nitrogen and oxygen atoms in total. The minimum absolute atomic E-state index is 0. The maximum atomic E-state index is 4.25. The van der Waals surface area contributed by atoms with Gasteiger partial charge >= 0.3 is 0 Å². The van der Waals surface area contributed by atoms with E-state index in [0.717, 1.165) is 18.9 Å². The lowest BCUT2D eigenvalue weighted by atomic mass is 10.1. The van der Waals surface area contributed by atoms with Crippen LogP contribution >= 0.6 is 24.0 Å². The number of hydrogen-bond donors (Lipinski definition) is 3. The number of aliphatic imine (C=N–C) groups is 1. The van der Waals surface area contributed by atoms with Crippen molar-refractivity contribution in [3.63, 3.8) is 0 Å². The number of hydrogen-bond acceptors (Lipinski definition) is 1. The van der Waals surface area contributed by atoms with Crippen molar-refractivity contribution < 1.29 is 0 Å². The number of nitrogens with zero attached hydrogens (tertiary/aromatic N) is 1. The molecule has 1 fully saturated rings. The molecule has 0 unspecified atom stereocenters. The number of guanidine groups is 1. The van der Waals surface area contributed by atoms with Crippen LogP contribution < -0.4 is 10.6 Å². The Balaban J connectivity index is 0.00000161. The summed E-state index contributed by atoms with van der Waals surface area (Å²) in [6, 6.07) is 7.08. The molecule has 5 heteroatoms. The number of aromatic amines is 1. The number of rotatable bonds is 4. The van der Waals surface area contributed by atoms with Crippen molar-refractivity contribution in [2.75, 3.05) is 13.6 Å². The quantitative estimate of drug-likeness (QED) is 0.422. The molecule has 114 valence electrons. The van der Waals surface area contributed by atoms with Crippen LogP contribution in [-0.4, -0.2) is 30.6 Å². The number of aryl methyl sites for hydroxylation is 1. The van der Waals surface area contributed by atoms with E-state index in [1.165, 1.54) is 34.9 Å². The molecule has 0 amide bonds. The number of H-pyrrole nitrogens is 1. The van der Waals surface area contributed by atoms with Crippen LogP contribution in [0.3, 0.4) is 0 Å². The largest absolute Gasteiger partial charge is 0.361 e. The number of fused-ring (bicyclic) bond motifs is 1. The summed E-state index contributed by atoms with van der Waals surface area (Å²) >= 11 is 0. The Bertz CT molecular complexity index is 628. The Morgan fingerprint density at radius 3 is 2.90 bits per heavy atom. The fraction of sp³-hybridized carbons (Fsp3) is 0.438. The molecule has 3 rings (SSSR count). The predicted molar refractivity (Wildman–Crippen MR) is 99.7 cm³/mol. The Kier molecular flexibility index (Phi) is 5.50. The van der Waals surface area contributed by atoms with Crippen molar-refractivity contribution in [1.29, 1.82) is 0 Å². The molecule has 3 N–H and O–H groups in total. The molecule has 1 aromatic heterocycles. The van der Waals surface area contributed by atoms with E-state index in [1.54, 1.807) is 0 Å². The summed E-state index contributed by atoms with van der Waals surface area (Å²) in [4.78, 5) is 7.63. The van der Waals surface area contributed by atoms with Crippen LogP contribution in [0.5, 0.6) is 0 Å². The van der Waals surface area contributed by atoms with E-state index in [0.29, 0.717) is 6.04 Å². The van der Waals surface area contributed by atoms with Gasteiger partial charge in [-0.15, -0.1) is 24.0 Å². The summed E-state index contributed by atoms with van der Waals surface area (Å²) in [5, 5.41) is 8.11. The summed E-state index contributed by atoms with van der Waals surface area (Å²) in [5.41, 5.74) is 3.91. The van der Waals surface area contributed by atoms with Gasteiger partial charge in [0, 0.05) is 36.7 Å². The smallest absolute Gasteiger partial charge is 0.191 e. The molecular weight excluding hydrogens is 375 g/mol. The molecule has 0 spiro atoms. The van der Waals surface area contributed by atoms with Gasteiger partial charge in [0.1, 0.15) is 0 Å². The lowest BCUT2D eigenvalue weighted by molar-refractivity contribution is 0.793. The highest BCUT2D eigenvalue weighted by Crippen LogP contribution is 2.21. The maximum absolute atomic E-state index is 4.25. The van der Waals surface area contributed by atoms with Gasteiger partial charge in [-0.2, -0.15) is 0 Å². The van der Waals surface area contributed by atoms with E-state index in [1.807, 2.05) is 7.05 Å². The average molecular weight is 398 g/mol. The Labute approximate surface area is 142 Å². The van der Waals surface area contributed by atoms with E-state index < -0.39 is 0 Å². The molecule has 0 atom stereocenters. The normalized spacial score (nSPS) is 14.9. The van der Waals surface area contributed by atoms with Gasteiger partial charge in [-0.3, -0.25) is 4.99 Å². The minimum atomic E-state index is 0. The van der Waals surface area contributed by atoms with Crippen LogP contribution in [-0.2, 0) is 6.42 Å². The molecule has 21 heavy (non-hydrogen) atoms. The zero-order valence-corrected chi connectivity index (χ0v) is 14.9. The molecule has 1 aliphatic carbocycles. The van der Waals surface area contributed by atoms with E-state index in [2.05, 4.69) is 51.9 Å². The van der Waals surface area contributed by atoms with Crippen LogP contribution in [0.4, 0.5) is 0 Å². The van der Waals surface area contributed by atoms with Crippen LogP contribution in [0.2, 0.25) is 0 Å². The number of benzene rings is 1. The highest BCUT2D eigenvalue weighted by atomic mass is 127. The topological polar surface area (TPSA) is 52.2 Å². The first kappa shape index (κ1) is 16.1. The van der Waals surface area contributed by atoms with Crippen molar-refractivity contribution in [3.05, 3.63) is 35.5 Å². The van der Waals surface area contributed by atoms with Crippen molar-refractivity contribution in [3.8, 4) is 0 Å². The van der Waals surface area contributed by atoms with Crippen LogP contribution in [0.25, 0.3) is 10.9 Å². The molecule has 0 saturated heterocycles. The second kappa shape index (κ2) is 7.15. The van der Waals surface area contributed by atoms with Gasteiger partial charge in [-0.1, -0.05) is 18.2 Å². The van der Waals surface area contributed by atoms with E-state index >= 15 is 0 Å². The lowest BCUT2D eigenvalue weighted by Gasteiger charge is -2.10. The summed E-state index contributed by atoms with van der Waals surface area (Å²) in [6.07, 6.45) is 5.65. The second-order valence-corrected chi connectivity index (χ2v) is 5.48. The van der Waals surface area contributed by atoms with E-state index in [9.17, 15) is 0 Å². The lowest BCUT2D eigenvalue weighted by Crippen LogP contribution is -2.39. The molecule has 0 radical (unpaired) electrons. The minimum Gasteiger partial charge on any atom is -0.361 e. The first-order chi connectivity index (χ1) is 9.78. The standard InChI is InChI=1S/C16H22N4.HI/c1-11-4-3-5-14-12(10-19-15(11)14)8-9-18-16(17-2)20-13-6-7-13;/h3-5,10,13,19H,6-9H2,1-2H3,(H2,17,18,20);1H. The van der Waals surface area contributed by atoms with E-state index in [-0.39, 0.29) is 24.0 Å². The monoisotopic (exact) mass is 398 g/mol. The van der Waals surface area contributed by atoms with Gasteiger partial charge in [0.15, 0.2) is 5.96 Å². The van der Waals surface area contributed by atoms with Crippen molar-refractivity contribution in [2.45, 2.75) is 32.2 Å². The highest BCUT2D eigenvalue weighted by Gasteiger charge is 2.21. The first-order valence-corrected chi connectivity index (χ1v) is 7.30. The first-order valence-electron chi connectivity index (χ1n) is 7.30. The van der Waals surface area contributed by atoms with Gasteiger partial charge in [-0.25, -0.2) is 0 Å². The summed E-state index contributed by atoms with van der Waals surface area (Å²) in [6.45, 7) is 3.04. The molecule has 1 aliphatic rings. The molecule has 0 aliphatic heterocycles. The highest BCUT2D eigenvalue weighted by molar-refractivity contribution is 14.0. The van der Waals surface area contributed by atoms with Crippen molar-refractivity contribution in [2.24, 2.45) is 4.99 Å². The zero-order valence-electron chi connectivity index (χ0n) is 12.6. The third-order valence-electron chi connectivity index (χ3n) is 3.84. The van der Waals surface area contributed by atoms with Crippen molar-refractivity contribution in [1.82, 2.24) is 15.6 Å². The van der Waals surface area contributed by atoms with Crippen LogP contribution in [0.15, 0.2) is 29.4 Å².